The first-order valence-corrected chi connectivity index (χ1v) is 8.79. The van der Waals surface area contributed by atoms with Crippen molar-refractivity contribution < 1.29 is 9.59 Å². The van der Waals surface area contributed by atoms with Gasteiger partial charge in [-0.15, -0.1) is 0 Å². The van der Waals surface area contributed by atoms with Gasteiger partial charge in [-0.05, 0) is 60.4 Å². The van der Waals surface area contributed by atoms with Gasteiger partial charge in [0.2, 0.25) is 11.8 Å². The van der Waals surface area contributed by atoms with Gasteiger partial charge in [0.05, 0.1) is 12.1 Å². The van der Waals surface area contributed by atoms with Crippen LogP contribution in [0, 0.1) is 0 Å². The Bertz CT molecular complexity index is 341. The van der Waals surface area contributed by atoms with Gasteiger partial charge in [-0.2, -0.15) is 0 Å². The van der Waals surface area contributed by atoms with Crippen LogP contribution < -0.4 is 31.9 Å². The Morgan fingerprint density at radius 2 is 1.21 bits per heavy atom. The van der Waals surface area contributed by atoms with Crippen LogP contribution >= 0.6 is 0 Å². The van der Waals surface area contributed by atoms with E-state index in [-0.39, 0.29) is 23.9 Å². The molecule has 0 aliphatic rings. The lowest BCUT2D eigenvalue weighted by Crippen LogP contribution is -2.45. The maximum absolute atomic E-state index is 12.0. The normalized spacial score (nSPS) is 13.3. The van der Waals surface area contributed by atoms with Crippen LogP contribution in [0.3, 0.4) is 0 Å². The van der Waals surface area contributed by atoms with Gasteiger partial charge in [0.15, 0.2) is 0 Å². The summed E-state index contributed by atoms with van der Waals surface area (Å²) in [5.41, 5.74) is 0. The Balaban J connectivity index is 3.89. The Morgan fingerprint density at radius 3 is 1.75 bits per heavy atom. The first-order chi connectivity index (χ1) is 11.6. The number of unbranched alkanes of at least 4 members (excludes halogenated alkanes) is 1. The summed E-state index contributed by atoms with van der Waals surface area (Å²) in [5, 5.41) is 17.9. The molecular weight excluding hydrogens is 308 g/mol. The first-order valence-electron chi connectivity index (χ1n) is 8.79. The molecule has 8 nitrogen and oxygen atoms in total. The van der Waals surface area contributed by atoms with E-state index in [9.17, 15) is 9.59 Å². The van der Waals surface area contributed by atoms with Crippen molar-refractivity contribution in [1.29, 1.82) is 0 Å². The maximum atomic E-state index is 12.0. The van der Waals surface area contributed by atoms with Crippen LogP contribution in [0.15, 0.2) is 0 Å². The van der Waals surface area contributed by atoms with Crippen molar-refractivity contribution in [3.63, 3.8) is 0 Å². The second kappa shape index (κ2) is 15.3. The van der Waals surface area contributed by atoms with Gasteiger partial charge in [-0.3, -0.25) is 9.59 Å². The number of nitrogens with one attached hydrogen (secondary N) is 6. The van der Waals surface area contributed by atoms with Gasteiger partial charge >= 0.3 is 0 Å². The van der Waals surface area contributed by atoms with Crippen LogP contribution in [0.4, 0.5) is 0 Å². The van der Waals surface area contributed by atoms with Crippen LogP contribution in [0.25, 0.3) is 0 Å². The van der Waals surface area contributed by atoms with Crippen molar-refractivity contribution in [3.8, 4) is 0 Å². The number of carbonyl (C=O) groups is 2. The van der Waals surface area contributed by atoms with Crippen molar-refractivity contribution in [2.45, 2.75) is 37.8 Å². The molecule has 6 N–H and O–H groups in total. The van der Waals surface area contributed by atoms with E-state index in [4.69, 9.17) is 0 Å². The molecule has 0 aliphatic carbocycles. The zero-order valence-corrected chi connectivity index (χ0v) is 15.6. The molecule has 0 aromatic rings. The zero-order valence-electron chi connectivity index (χ0n) is 15.6. The molecule has 0 heterocycles. The highest BCUT2D eigenvalue weighted by atomic mass is 16.2. The van der Waals surface area contributed by atoms with E-state index in [1.54, 1.807) is 14.1 Å². The topological polar surface area (TPSA) is 106 Å². The Labute approximate surface area is 146 Å². The number of amides is 2. The van der Waals surface area contributed by atoms with E-state index < -0.39 is 0 Å². The van der Waals surface area contributed by atoms with Crippen LogP contribution in [-0.4, -0.2) is 78.3 Å². The van der Waals surface area contributed by atoms with Gasteiger partial charge in [0.25, 0.3) is 0 Å². The Hall–Kier alpha value is -1.22. The zero-order chi connectivity index (χ0) is 18.2. The summed E-state index contributed by atoms with van der Waals surface area (Å²) < 4.78 is 0. The minimum Gasteiger partial charge on any atom is -0.355 e. The van der Waals surface area contributed by atoms with Crippen molar-refractivity contribution in [2.75, 3.05) is 54.4 Å². The number of likely N-dealkylation sites (N-methyl/N-ethyl adjacent to an activating group) is 3. The molecule has 0 unspecified atom stereocenters. The molecule has 2 atom stereocenters. The molecule has 24 heavy (non-hydrogen) atoms. The number of hydrogen-bond acceptors (Lipinski definition) is 6. The predicted molar refractivity (Wildman–Crippen MR) is 98.0 cm³/mol. The molecule has 0 spiro atoms. The van der Waals surface area contributed by atoms with Crippen LogP contribution in [0.2, 0.25) is 0 Å². The summed E-state index contributed by atoms with van der Waals surface area (Å²) in [4.78, 5) is 24.0. The maximum Gasteiger partial charge on any atom is 0.237 e. The van der Waals surface area contributed by atoms with Crippen LogP contribution in [0.5, 0.6) is 0 Å². The summed E-state index contributed by atoms with van der Waals surface area (Å²) in [6, 6.07) is -0.348. The molecule has 0 saturated carbocycles. The largest absolute Gasteiger partial charge is 0.355 e. The average molecular weight is 345 g/mol. The lowest BCUT2D eigenvalue weighted by Gasteiger charge is -2.17. The molecule has 0 saturated heterocycles. The summed E-state index contributed by atoms with van der Waals surface area (Å²) in [6.45, 7) is 2.82. The van der Waals surface area contributed by atoms with Crippen molar-refractivity contribution in [3.05, 3.63) is 0 Å². The molecule has 8 heteroatoms. The standard InChI is InChI=1S/C16H36N6O2/c1-17-10-8-14(20-4)16(24)21-9-6-5-7-13(19-3)15(23)22-12-11-18-2/h13-14,17-20H,5-12H2,1-4H3,(H,21,24)(H,22,23)/t13-,14-/m0/s1. The Kier molecular flexibility index (Phi) is 14.5. The van der Waals surface area contributed by atoms with E-state index >= 15 is 0 Å². The Morgan fingerprint density at radius 1 is 0.667 bits per heavy atom. The predicted octanol–water partition coefficient (Wildman–Crippen LogP) is -1.61. The fourth-order valence-corrected chi connectivity index (χ4v) is 2.34. The second-order valence-electron chi connectivity index (χ2n) is 5.76. The summed E-state index contributed by atoms with van der Waals surface area (Å²) in [6.07, 6.45) is 3.25. The first kappa shape index (κ1) is 22.8. The molecule has 0 rings (SSSR count). The molecular formula is C16H36N6O2. The SMILES string of the molecule is CNCCNC(=O)[C@H](CCCCNC(=O)[C@H](CCNC)NC)NC. The minimum atomic E-state index is -0.182. The third-order valence-corrected chi connectivity index (χ3v) is 3.91. The van der Waals surface area contributed by atoms with Gasteiger partial charge in [0, 0.05) is 19.6 Å². The molecule has 142 valence electrons. The van der Waals surface area contributed by atoms with Gasteiger partial charge in [0.1, 0.15) is 0 Å². The molecule has 0 aliphatic heterocycles. The summed E-state index contributed by atoms with van der Waals surface area (Å²) in [7, 11) is 7.32. The number of hydrogen-bond donors (Lipinski definition) is 6. The highest BCUT2D eigenvalue weighted by molar-refractivity contribution is 5.82. The number of carbonyl (C=O) groups excluding carboxylic acids is 2. The molecule has 0 fully saturated rings. The van der Waals surface area contributed by atoms with Crippen LogP contribution in [-0.2, 0) is 9.59 Å². The molecule has 0 bridgehead atoms. The third-order valence-electron chi connectivity index (χ3n) is 3.91. The summed E-state index contributed by atoms with van der Waals surface area (Å²) in [5.74, 6) is 0.0572. The second-order valence-corrected chi connectivity index (χ2v) is 5.76. The fraction of sp³-hybridized carbons (Fsp3) is 0.875. The van der Waals surface area contributed by atoms with E-state index in [0.717, 1.165) is 38.8 Å². The van der Waals surface area contributed by atoms with E-state index in [1.165, 1.54) is 0 Å². The van der Waals surface area contributed by atoms with Gasteiger partial charge in [-0.1, -0.05) is 0 Å². The molecule has 0 aromatic carbocycles. The number of rotatable bonds is 15. The lowest BCUT2D eigenvalue weighted by atomic mass is 10.1. The summed E-state index contributed by atoms with van der Waals surface area (Å²) >= 11 is 0. The highest BCUT2D eigenvalue weighted by Crippen LogP contribution is 2.01. The van der Waals surface area contributed by atoms with E-state index in [1.807, 2.05) is 14.1 Å². The smallest absolute Gasteiger partial charge is 0.237 e. The minimum absolute atomic E-state index is 0.0269. The average Bonchev–Trinajstić information content (AvgIpc) is 2.58. The van der Waals surface area contributed by atoms with Gasteiger partial charge in [-0.25, -0.2) is 0 Å². The monoisotopic (exact) mass is 344 g/mol. The lowest BCUT2D eigenvalue weighted by molar-refractivity contribution is -0.124. The van der Waals surface area contributed by atoms with Gasteiger partial charge < -0.3 is 31.9 Å². The van der Waals surface area contributed by atoms with E-state index in [0.29, 0.717) is 13.1 Å². The molecule has 2 amide bonds. The molecule has 0 radical (unpaired) electrons. The highest BCUT2D eigenvalue weighted by Gasteiger charge is 2.16. The van der Waals surface area contributed by atoms with Crippen LogP contribution in [0.1, 0.15) is 25.7 Å². The molecule has 0 aromatic heterocycles. The van der Waals surface area contributed by atoms with E-state index in [2.05, 4.69) is 31.9 Å². The fourth-order valence-electron chi connectivity index (χ4n) is 2.34. The third kappa shape index (κ3) is 10.5. The van der Waals surface area contributed by atoms with Crippen molar-refractivity contribution >= 4 is 11.8 Å². The van der Waals surface area contributed by atoms with Crippen molar-refractivity contribution in [2.24, 2.45) is 0 Å². The van der Waals surface area contributed by atoms with Crippen molar-refractivity contribution in [1.82, 2.24) is 31.9 Å². The quantitative estimate of drug-likeness (QED) is 0.200.